The lowest BCUT2D eigenvalue weighted by atomic mass is 9.72. The molecule has 0 spiro atoms. The number of hydrogen-bond donors (Lipinski definition) is 0. The first-order chi connectivity index (χ1) is 12.3. The van der Waals surface area contributed by atoms with Gasteiger partial charge in [0, 0.05) is 11.0 Å². The second-order valence-corrected chi connectivity index (χ2v) is 8.98. The van der Waals surface area contributed by atoms with Gasteiger partial charge >= 0.3 is 0 Å². The molecule has 0 unspecified atom stereocenters. The lowest BCUT2D eigenvalue weighted by Gasteiger charge is -2.32. The molecule has 0 aliphatic heterocycles. The van der Waals surface area contributed by atoms with E-state index in [0.717, 1.165) is 34.2 Å². The molecular formula is C20H24N4OS. The van der Waals surface area contributed by atoms with Gasteiger partial charge in [0.15, 0.2) is 5.16 Å². The average Bonchev–Trinajstić information content (AvgIpc) is 2.93. The van der Waals surface area contributed by atoms with Gasteiger partial charge in [-0.25, -0.2) is 14.1 Å². The van der Waals surface area contributed by atoms with Crippen molar-refractivity contribution in [1.29, 1.82) is 0 Å². The third kappa shape index (κ3) is 2.42. The Morgan fingerprint density at radius 1 is 1.27 bits per heavy atom. The predicted octanol–water partition coefficient (Wildman–Crippen LogP) is 4.08. The van der Waals surface area contributed by atoms with Gasteiger partial charge < -0.3 is 0 Å². The van der Waals surface area contributed by atoms with Crippen LogP contribution in [0.5, 0.6) is 0 Å². The molecule has 2 aromatic heterocycles. The number of hydrogen-bond acceptors (Lipinski definition) is 4. The summed E-state index contributed by atoms with van der Waals surface area (Å²) in [6.45, 7) is 10.5. The second-order valence-electron chi connectivity index (χ2n) is 7.75. The molecule has 0 saturated carbocycles. The molecule has 5 nitrogen and oxygen atoms in total. The molecule has 0 fully saturated rings. The van der Waals surface area contributed by atoms with Gasteiger partial charge in [-0.05, 0) is 31.6 Å². The van der Waals surface area contributed by atoms with Crippen molar-refractivity contribution in [3.63, 3.8) is 0 Å². The van der Waals surface area contributed by atoms with E-state index in [1.165, 1.54) is 5.56 Å². The lowest BCUT2D eigenvalue weighted by molar-refractivity contribution is 0.504. The van der Waals surface area contributed by atoms with Crippen LogP contribution in [0.2, 0.25) is 0 Å². The first-order valence-electron chi connectivity index (χ1n) is 9.12. The SMILES string of the molecule is CCSc1nn(C(C)C)c2nc3c(c(=O)n12)C(C)(C)Cc1ccccc1-3. The summed E-state index contributed by atoms with van der Waals surface area (Å²) in [5, 5.41) is 5.42. The molecule has 26 heavy (non-hydrogen) atoms. The van der Waals surface area contributed by atoms with Crippen LogP contribution in [0.1, 0.15) is 51.8 Å². The Bertz CT molecular complexity index is 1060. The topological polar surface area (TPSA) is 52.2 Å². The van der Waals surface area contributed by atoms with Crippen molar-refractivity contribution in [3.8, 4) is 11.3 Å². The minimum atomic E-state index is -0.261. The van der Waals surface area contributed by atoms with E-state index < -0.39 is 0 Å². The van der Waals surface area contributed by atoms with Gasteiger partial charge in [0.05, 0.1) is 17.3 Å². The molecule has 136 valence electrons. The number of nitrogens with zero attached hydrogens (tertiary/aromatic N) is 4. The Morgan fingerprint density at radius 3 is 2.69 bits per heavy atom. The van der Waals surface area contributed by atoms with Gasteiger partial charge in [-0.1, -0.05) is 56.8 Å². The van der Waals surface area contributed by atoms with Gasteiger partial charge in [0.2, 0.25) is 5.78 Å². The quantitative estimate of drug-likeness (QED) is 0.654. The van der Waals surface area contributed by atoms with E-state index in [0.29, 0.717) is 5.78 Å². The number of thioether (sulfide) groups is 1. The zero-order valence-electron chi connectivity index (χ0n) is 15.9. The lowest BCUT2D eigenvalue weighted by Crippen LogP contribution is -2.36. The van der Waals surface area contributed by atoms with Gasteiger partial charge in [0.1, 0.15) is 0 Å². The molecule has 0 atom stereocenters. The highest BCUT2D eigenvalue weighted by atomic mass is 32.2. The molecule has 0 bridgehead atoms. The highest BCUT2D eigenvalue weighted by Crippen LogP contribution is 2.40. The first kappa shape index (κ1) is 17.3. The maximum absolute atomic E-state index is 13.6. The summed E-state index contributed by atoms with van der Waals surface area (Å²) >= 11 is 1.58. The Kier molecular flexibility index (Phi) is 3.99. The minimum absolute atomic E-state index is 0.0207. The molecular weight excluding hydrogens is 344 g/mol. The van der Waals surface area contributed by atoms with E-state index in [9.17, 15) is 4.79 Å². The summed E-state index contributed by atoms with van der Waals surface area (Å²) in [5.41, 5.74) is 3.70. The summed E-state index contributed by atoms with van der Waals surface area (Å²) in [7, 11) is 0. The van der Waals surface area contributed by atoms with Crippen LogP contribution in [0.4, 0.5) is 0 Å². The molecule has 4 rings (SSSR count). The van der Waals surface area contributed by atoms with E-state index in [1.54, 1.807) is 16.2 Å². The van der Waals surface area contributed by atoms with E-state index in [-0.39, 0.29) is 17.0 Å². The largest absolute Gasteiger partial charge is 0.268 e. The second kappa shape index (κ2) is 5.98. The molecule has 1 aliphatic carbocycles. The van der Waals surface area contributed by atoms with Gasteiger partial charge in [-0.15, -0.1) is 5.10 Å². The summed E-state index contributed by atoms with van der Waals surface area (Å²) in [6, 6.07) is 8.42. The van der Waals surface area contributed by atoms with Crippen molar-refractivity contribution in [2.45, 2.75) is 57.7 Å². The maximum Gasteiger partial charge on any atom is 0.265 e. The van der Waals surface area contributed by atoms with Crippen molar-refractivity contribution in [2.75, 3.05) is 5.75 Å². The van der Waals surface area contributed by atoms with Crippen LogP contribution >= 0.6 is 11.8 Å². The van der Waals surface area contributed by atoms with Crippen LogP contribution in [-0.2, 0) is 11.8 Å². The minimum Gasteiger partial charge on any atom is -0.268 e. The highest BCUT2D eigenvalue weighted by Gasteiger charge is 2.36. The normalized spacial score (nSPS) is 15.3. The fourth-order valence-electron chi connectivity index (χ4n) is 3.86. The van der Waals surface area contributed by atoms with Gasteiger partial charge in [0.25, 0.3) is 5.56 Å². The van der Waals surface area contributed by atoms with E-state index in [1.807, 2.05) is 10.7 Å². The fourth-order valence-corrected chi connectivity index (χ4v) is 4.56. The molecule has 0 N–H and O–H groups in total. The van der Waals surface area contributed by atoms with Gasteiger partial charge in [-0.2, -0.15) is 0 Å². The van der Waals surface area contributed by atoms with Crippen LogP contribution in [-0.4, -0.2) is 24.9 Å². The monoisotopic (exact) mass is 368 g/mol. The van der Waals surface area contributed by atoms with Crippen molar-refractivity contribution in [3.05, 3.63) is 45.7 Å². The molecule has 0 radical (unpaired) electrons. The zero-order valence-corrected chi connectivity index (χ0v) is 16.7. The highest BCUT2D eigenvalue weighted by molar-refractivity contribution is 7.99. The van der Waals surface area contributed by atoms with Crippen LogP contribution < -0.4 is 5.56 Å². The molecule has 2 heterocycles. The van der Waals surface area contributed by atoms with Crippen molar-refractivity contribution in [1.82, 2.24) is 19.2 Å². The summed E-state index contributed by atoms with van der Waals surface area (Å²) < 4.78 is 3.58. The van der Waals surface area contributed by atoms with Crippen LogP contribution in [0.15, 0.2) is 34.2 Å². The number of aromatic nitrogens is 4. The Hall–Kier alpha value is -2.08. The zero-order chi connectivity index (χ0) is 18.6. The molecule has 3 aromatic rings. The molecule has 0 saturated heterocycles. The van der Waals surface area contributed by atoms with E-state index in [2.05, 4.69) is 52.8 Å². The van der Waals surface area contributed by atoms with Crippen molar-refractivity contribution >= 4 is 17.5 Å². The van der Waals surface area contributed by atoms with E-state index in [4.69, 9.17) is 10.1 Å². The van der Waals surface area contributed by atoms with E-state index >= 15 is 0 Å². The smallest absolute Gasteiger partial charge is 0.265 e. The fraction of sp³-hybridized carbons (Fsp3) is 0.450. The number of benzene rings is 1. The molecule has 1 aliphatic rings. The average molecular weight is 369 g/mol. The Labute approximate surface area is 157 Å². The molecule has 6 heteroatoms. The predicted molar refractivity (Wildman–Crippen MR) is 106 cm³/mol. The summed E-state index contributed by atoms with van der Waals surface area (Å²) in [4.78, 5) is 18.6. The van der Waals surface area contributed by atoms with Crippen molar-refractivity contribution in [2.24, 2.45) is 0 Å². The van der Waals surface area contributed by atoms with Gasteiger partial charge in [-0.3, -0.25) is 4.79 Å². The summed E-state index contributed by atoms with van der Waals surface area (Å²) in [6.07, 6.45) is 0.841. The Balaban J connectivity index is 2.16. The molecule has 1 aromatic carbocycles. The first-order valence-corrected chi connectivity index (χ1v) is 10.1. The standard InChI is InChI=1S/C20H24N4OS/c1-6-26-19-22-24(12(2)3)18-21-16-14-10-8-7-9-13(14)11-20(4,5)15(16)17(25)23(18)19/h7-10,12H,6,11H2,1-5H3. The van der Waals surface area contributed by atoms with Crippen molar-refractivity contribution < 1.29 is 0 Å². The third-order valence-electron chi connectivity index (χ3n) is 5.00. The van der Waals surface area contributed by atoms with Crippen LogP contribution in [0.3, 0.4) is 0 Å². The number of fused-ring (bicyclic) bond motifs is 4. The third-order valence-corrected chi connectivity index (χ3v) is 5.81. The van der Waals surface area contributed by atoms with Crippen LogP contribution in [0, 0.1) is 0 Å². The maximum atomic E-state index is 13.6. The molecule has 0 amide bonds. The summed E-state index contributed by atoms with van der Waals surface area (Å²) in [5.74, 6) is 1.49. The Morgan fingerprint density at radius 2 is 2.00 bits per heavy atom. The van der Waals surface area contributed by atoms with Crippen LogP contribution in [0.25, 0.3) is 17.0 Å². The number of rotatable bonds is 3.